The van der Waals surface area contributed by atoms with E-state index in [4.69, 9.17) is 16.7 Å². The maximum Gasteiger partial charge on any atom is 0.325 e. The van der Waals surface area contributed by atoms with Gasteiger partial charge in [0.15, 0.2) is 0 Å². The molecular formula is C16H14ClN5O3. The molecule has 2 aromatic heterocycles. The number of halogens is 1. The molecule has 0 bridgehead atoms. The summed E-state index contributed by atoms with van der Waals surface area (Å²) in [5.41, 5.74) is 1.92. The van der Waals surface area contributed by atoms with Crippen LogP contribution in [0.2, 0.25) is 5.02 Å². The van der Waals surface area contributed by atoms with E-state index in [2.05, 4.69) is 15.5 Å². The molecule has 25 heavy (non-hydrogen) atoms. The van der Waals surface area contributed by atoms with Crippen LogP contribution in [0.4, 0.5) is 5.69 Å². The molecule has 0 aliphatic rings. The number of carbonyl (C=O) groups excluding carboxylic acids is 1. The van der Waals surface area contributed by atoms with E-state index in [-0.39, 0.29) is 18.0 Å². The highest BCUT2D eigenvalue weighted by molar-refractivity contribution is 6.30. The zero-order chi connectivity index (χ0) is 17.8. The highest BCUT2D eigenvalue weighted by Crippen LogP contribution is 2.13. The number of hydrogen-bond donors (Lipinski definition) is 2. The number of rotatable bonds is 6. The summed E-state index contributed by atoms with van der Waals surface area (Å²) in [5, 5.41) is 20.0. The number of hydrogen-bond acceptors (Lipinski definition) is 4. The Bertz CT molecular complexity index is 901. The number of anilines is 1. The van der Waals surface area contributed by atoms with Gasteiger partial charge in [-0.15, -0.1) is 0 Å². The lowest BCUT2D eigenvalue weighted by molar-refractivity contribution is -0.137. The van der Waals surface area contributed by atoms with E-state index in [1.807, 2.05) is 12.1 Å². The average Bonchev–Trinajstić information content (AvgIpc) is 3.18. The lowest BCUT2D eigenvalue weighted by Gasteiger charge is -2.06. The molecule has 1 aromatic carbocycles. The van der Waals surface area contributed by atoms with Gasteiger partial charge in [-0.3, -0.25) is 19.0 Å². The molecule has 3 rings (SSSR count). The molecule has 8 nitrogen and oxygen atoms in total. The van der Waals surface area contributed by atoms with Crippen molar-refractivity contribution in [2.45, 2.75) is 13.1 Å². The second-order valence-electron chi connectivity index (χ2n) is 5.33. The molecule has 0 radical (unpaired) electrons. The van der Waals surface area contributed by atoms with E-state index in [0.717, 1.165) is 5.56 Å². The van der Waals surface area contributed by atoms with Crippen molar-refractivity contribution in [3.05, 3.63) is 65.2 Å². The molecule has 3 aromatic rings. The molecule has 0 atom stereocenters. The predicted octanol–water partition coefficient (Wildman–Crippen LogP) is 2.12. The maximum atomic E-state index is 12.2. The Morgan fingerprint density at radius 2 is 1.80 bits per heavy atom. The average molecular weight is 360 g/mol. The minimum atomic E-state index is -1.02. The number of carbonyl (C=O) groups is 2. The van der Waals surface area contributed by atoms with E-state index in [9.17, 15) is 9.59 Å². The molecule has 1 amide bonds. The van der Waals surface area contributed by atoms with Gasteiger partial charge in [0, 0.05) is 18.1 Å². The van der Waals surface area contributed by atoms with E-state index < -0.39 is 5.97 Å². The fourth-order valence-electron chi connectivity index (χ4n) is 2.21. The molecular weight excluding hydrogens is 346 g/mol. The standard InChI is InChI=1S/C16H14ClN5O3/c17-13-6-19-21(9-13)7-11-1-3-14(4-2-11)20-16(25)12-5-18-22(8-12)10-15(23)24/h1-6,8-9H,7,10H2,(H,20,25)(H,23,24). The van der Waals surface area contributed by atoms with Crippen LogP contribution in [-0.2, 0) is 17.9 Å². The monoisotopic (exact) mass is 359 g/mol. The second-order valence-corrected chi connectivity index (χ2v) is 5.76. The molecule has 0 aliphatic heterocycles. The minimum absolute atomic E-state index is 0.288. The summed E-state index contributed by atoms with van der Waals surface area (Å²) in [5.74, 6) is -1.38. The van der Waals surface area contributed by atoms with Crippen LogP contribution in [0.1, 0.15) is 15.9 Å². The van der Waals surface area contributed by atoms with Gasteiger partial charge in [-0.2, -0.15) is 10.2 Å². The summed E-state index contributed by atoms with van der Waals surface area (Å²) in [4.78, 5) is 22.8. The number of nitrogens with one attached hydrogen (secondary N) is 1. The normalized spacial score (nSPS) is 10.6. The first-order valence-electron chi connectivity index (χ1n) is 7.32. The summed E-state index contributed by atoms with van der Waals surface area (Å²) in [6.45, 7) is 0.280. The number of carboxylic acid groups (broad SMARTS) is 1. The third-order valence-electron chi connectivity index (χ3n) is 3.35. The highest BCUT2D eigenvalue weighted by atomic mass is 35.5. The molecule has 0 spiro atoms. The molecule has 0 saturated carbocycles. The highest BCUT2D eigenvalue weighted by Gasteiger charge is 2.10. The van der Waals surface area contributed by atoms with Crippen LogP contribution < -0.4 is 5.32 Å². The van der Waals surface area contributed by atoms with Crippen molar-refractivity contribution < 1.29 is 14.7 Å². The van der Waals surface area contributed by atoms with Crippen LogP contribution in [0.3, 0.4) is 0 Å². The Hall–Kier alpha value is -3.13. The summed E-state index contributed by atoms with van der Waals surface area (Å²) >= 11 is 5.83. The Labute approximate surface area is 147 Å². The van der Waals surface area contributed by atoms with Crippen LogP contribution >= 0.6 is 11.6 Å². The number of carboxylic acids is 1. The van der Waals surface area contributed by atoms with Gasteiger partial charge in [-0.05, 0) is 17.7 Å². The molecule has 0 fully saturated rings. The van der Waals surface area contributed by atoms with Crippen molar-refractivity contribution in [2.24, 2.45) is 0 Å². The summed E-state index contributed by atoms with van der Waals surface area (Å²) < 4.78 is 2.91. The van der Waals surface area contributed by atoms with Gasteiger partial charge in [0.25, 0.3) is 5.91 Å². The van der Waals surface area contributed by atoms with Gasteiger partial charge >= 0.3 is 5.97 Å². The van der Waals surface area contributed by atoms with Gasteiger partial charge in [-0.25, -0.2) is 0 Å². The number of aromatic nitrogens is 4. The van der Waals surface area contributed by atoms with Crippen LogP contribution in [-0.4, -0.2) is 36.5 Å². The Kier molecular flexibility index (Phi) is 4.80. The lowest BCUT2D eigenvalue weighted by Crippen LogP contribution is -2.12. The largest absolute Gasteiger partial charge is 0.480 e. The number of benzene rings is 1. The fourth-order valence-corrected chi connectivity index (χ4v) is 2.37. The van der Waals surface area contributed by atoms with Gasteiger partial charge in [0.05, 0.1) is 29.5 Å². The fraction of sp³-hybridized carbons (Fsp3) is 0.125. The van der Waals surface area contributed by atoms with Crippen molar-refractivity contribution in [2.75, 3.05) is 5.32 Å². The van der Waals surface area contributed by atoms with E-state index >= 15 is 0 Å². The van der Waals surface area contributed by atoms with E-state index in [1.54, 1.807) is 29.2 Å². The van der Waals surface area contributed by atoms with Gasteiger partial charge in [0.2, 0.25) is 0 Å². The lowest BCUT2D eigenvalue weighted by atomic mass is 10.2. The van der Waals surface area contributed by atoms with Crippen LogP contribution in [0, 0.1) is 0 Å². The quantitative estimate of drug-likeness (QED) is 0.701. The van der Waals surface area contributed by atoms with Gasteiger partial charge in [-0.1, -0.05) is 23.7 Å². The molecule has 128 valence electrons. The first kappa shape index (κ1) is 16.7. The van der Waals surface area contributed by atoms with Gasteiger partial charge < -0.3 is 10.4 Å². The topological polar surface area (TPSA) is 102 Å². The first-order valence-corrected chi connectivity index (χ1v) is 7.70. The molecule has 9 heteroatoms. The second kappa shape index (κ2) is 7.18. The number of aliphatic carboxylic acids is 1. The van der Waals surface area contributed by atoms with Crippen molar-refractivity contribution in [3.63, 3.8) is 0 Å². The molecule has 0 unspecified atom stereocenters. The first-order chi connectivity index (χ1) is 12.0. The Morgan fingerprint density at radius 1 is 1.08 bits per heavy atom. The van der Waals surface area contributed by atoms with Crippen LogP contribution in [0.5, 0.6) is 0 Å². The molecule has 0 aliphatic carbocycles. The van der Waals surface area contributed by atoms with Crippen LogP contribution in [0.25, 0.3) is 0 Å². The summed E-state index contributed by atoms with van der Waals surface area (Å²) in [6, 6.07) is 7.30. The molecule has 2 N–H and O–H groups in total. The summed E-state index contributed by atoms with van der Waals surface area (Å²) in [6.07, 6.45) is 6.01. The van der Waals surface area contributed by atoms with Crippen molar-refractivity contribution in [1.82, 2.24) is 19.6 Å². The van der Waals surface area contributed by atoms with Gasteiger partial charge in [0.1, 0.15) is 6.54 Å². The third kappa shape index (κ3) is 4.45. The zero-order valence-electron chi connectivity index (χ0n) is 13.0. The summed E-state index contributed by atoms with van der Waals surface area (Å²) in [7, 11) is 0. The van der Waals surface area contributed by atoms with E-state index in [0.29, 0.717) is 17.3 Å². The third-order valence-corrected chi connectivity index (χ3v) is 3.55. The number of nitrogens with zero attached hydrogens (tertiary/aromatic N) is 4. The smallest absolute Gasteiger partial charge is 0.325 e. The molecule has 2 heterocycles. The van der Waals surface area contributed by atoms with Crippen LogP contribution in [0.15, 0.2) is 49.1 Å². The zero-order valence-corrected chi connectivity index (χ0v) is 13.7. The van der Waals surface area contributed by atoms with E-state index in [1.165, 1.54) is 17.1 Å². The Balaban J connectivity index is 1.61. The SMILES string of the molecule is O=C(O)Cn1cc(C(=O)Nc2ccc(Cn3cc(Cl)cn3)cc2)cn1. The minimum Gasteiger partial charge on any atom is -0.480 e. The molecule has 0 saturated heterocycles. The number of amides is 1. The predicted molar refractivity (Wildman–Crippen MR) is 90.6 cm³/mol. The van der Waals surface area contributed by atoms with Crippen molar-refractivity contribution in [3.8, 4) is 0 Å². The maximum absolute atomic E-state index is 12.2. The van der Waals surface area contributed by atoms with Crippen molar-refractivity contribution in [1.29, 1.82) is 0 Å². The Morgan fingerprint density at radius 3 is 2.44 bits per heavy atom. The van der Waals surface area contributed by atoms with Crippen molar-refractivity contribution >= 4 is 29.2 Å².